The quantitative estimate of drug-likeness (QED) is 0.149. The van der Waals surface area contributed by atoms with Crippen molar-refractivity contribution < 1.29 is 33.4 Å². The van der Waals surface area contributed by atoms with Crippen molar-refractivity contribution in [3.05, 3.63) is 90.5 Å². The third kappa shape index (κ3) is 6.18. The Morgan fingerprint density at radius 2 is 1.74 bits per heavy atom. The van der Waals surface area contributed by atoms with Crippen LogP contribution >= 0.6 is 45.8 Å². The molecule has 1 aliphatic heterocycles. The Morgan fingerprint density at radius 1 is 1.03 bits per heavy atom. The maximum absolute atomic E-state index is 13.3. The molecule has 0 aromatic heterocycles. The number of urea groups is 1. The van der Waals surface area contributed by atoms with E-state index in [1.54, 1.807) is 30.3 Å². The van der Waals surface area contributed by atoms with Gasteiger partial charge >= 0.3 is 12.0 Å². The molecule has 4 amide bonds. The summed E-state index contributed by atoms with van der Waals surface area (Å²) >= 11 is 14.2. The number of ether oxygens (including phenoxy) is 3. The van der Waals surface area contributed by atoms with Crippen LogP contribution < -0.4 is 19.7 Å². The van der Waals surface area contributed by atoms with E-state index in [9.17, 15) is 19.2 Å². The van der Waals surface area contributed by atoms with Gasteiger partial charge in [0.15, 0.2) is 11.5 Å². The second-order valence-electron chi connectivity index (χ2n) is 8.05. The van der Waals surface area contributed by atoms with Crippen molar-refractivity contribution in [1.82, 2.24) is 5.32 Å². The highest BCUT2D eigenvalue weighted by Crippen LogP contribution is 2.36. The molecule has 0 bridgehead atoms. The highest BCUT2D eigenvalue weighted by molar-refractivity contribution is 14.1. The summed E-state index contributed by atoms with van der Waals surface area (Å²) in [5.41, 5.74) is 1.31. The fourth-order valence-electron chi connectivity index (χ4n) is 3.67. The van der Waals surface area contributed by atoms with Crippen molar-refractivity contribution in [1.29, 1.82) is 0 Å². The Kier molecular flexibility index (Phi) is 8.78. The fourth-order valence-corrected chi connectivity index (χ4v) is 4.92. The van der Waals surface area contributed by atoms with E-state index in [-0.39, 0.29) is 23.4 Å². The molecule has 1 heterocycles. The smallest absolute Gasteiger partial charge is 0.337 e. The van der Waals surface area contributed by atoms with Crippen LogP contribution in [0.25, 0.3) is 6.08 Å². The van der Waals surface area contributed by atoms with Gasteiger partial charge in [0.05, 0.1) is 29.0 Å². The number of carbonyl (C=O) groups is 4. The number of nitrogens with zero attached hydrogens (tertiary/aromatic N) is 1. The minimum atomic E-state index is -0.912. The summed E-state index contributed by atoms with van der Waals surface area (Å²) in [6.07, 6.45) is 1.35. The van der Waals surface area contributed by atoms with Gasteiger partial charge in [-0.2, -0.15) is 0 Å². The SMILES string of the molecule is COC(=O)c1ccc(N2C(=O)NC(=O)/C(=C\c3cc(I)c(OCc4ccc(Cl)cc4Cl)c(OC)c3)C2=O)cc1. The molecule has 1 N–H and O–H groups in total. The van der Waals surface area contributed by atoms with Crippen molar-refractivity contribution in [2.45, 2.75) is 6.61 Å². The summed E-state index contributed by atoms with van der Waals surface area (Å²) in [6.45, 7) is 0.148. The zero-order valence-corrected chi connectivity index (χ0v) is 24.1. The molecule has 39 heavy (non-hydrogen) atoms. The molecule has 0 spiro atoms. The van der Waals surface area contributed by atoms with Crippen LogP contribution in [0.3, 0.4) is 0 Å². The van der Waals surface area contributed by atoms with E-state index in [2.05, 4.69) is 10.1 Å². The number of hydrogen-bond donors (Lipinski definition) is 1. The van der Waals surface area contributed by atoms with Crippen molar-refractivity contribution in [2.24, 2.45) is 0 Å². The molecule has 0 radical (unpaired) electrons. The zero-order valence-electron chi connectivity index (χ0n) is 20.4. The van der Waals surface area contributed by atoms with Gasteiger partial charge in [0, 0.05) is 15.6 Å². The van der Waals surface area contributed by atoms with Gasteiger partial charge in [-0.15, -0.1) is 0 Å². The molecule has 0 atom stereocenters. The summed E-state index contributed by atoms with van der Waals surface area (Å²) in [4.78, 5) is 50.9. The van der Waals surface area contributed by atoms with Crippen LogP contribution in [0.2, 0.25) is 10.0 Å². The van der Waals surface area contributed by atoms with Gasteiger partial charge in [-0.05, 0) is 82.8 Å². The van der Waals surface area contributed by atoms with E-state index in [4.69, 9.17) is 32.7 Å². The van der Waals surface area contributed by atoms with E-state index < -0.39 is 23.8 Å². The molecule has 0 aliphatic carbocycles. The number of hydrogen-bond acceptors (Lipinski definition) is 7. The minimum absolute atomic E-state index is 0.148. The zero-order chi connectivity index (χ0) is 28.3. The lowest BCUT2D eigenvalue weighted by atomic mass is 10.1. The third-order valence-corrected chi connectivity index (χ3v) is 6.99. The molecule has 200 valence electrons. The number of rotatable bonds is 7. The number of barbiturate groups is 1. The van der Waals surface area contributed by atoms with E-state index in [0.29, 0.717) is 30.7 Å². The Hall–Kier alpha value is -3.61. The van der Waals surface area contributed by atoms with Crippen molar-refractivity contribution in [3.8, 4) is 11.5 Å². The van der Waals surface area contributed by atoms with Crippen molar-refractivity contribution in [3.63, 3.8) is 0 Å². The predicted molar refractivity (Wildman–Crippen MR) is 153 cm³/mol. The molecular formula is C27H19Cl2IN2O7. The summed E-state index contributed by atoms with van der Waals surface area (Å²) < 4.78 is 16.8. The number of halogens is 3. The number of amides is 4. The van der Waals surface area contributed by atoms with Gasteiger partial charge in [0.25, 0.3) is 11.8 Å². The number of imide groups is 2. The van der Waals surface area contributed by atoms with Gasteiger partial charge in [-0.1, -0.05) is 29.3 Å². The molecule has 1 fully saturated rings. The summed E-state index contributed by atoms with van der Waals surface area (Å²) in [5.74, 6) is -1.46. The number of methoxy groups -OCH3 is 2. The van der Waals surface area contributed by atoms with Crippen LogP contribution in [-0.4, -0.2) is 38.0 Å². The van der Waals surface area contributed by atoms with Crippen LogP contribution in [0, 0.1) is 3.57 Å². The molecule has 9 nitrogen and oxygen atoms in total. The molecular weight excluding hydrogens is 662 g/mol. The number of anilines is 1. The fraction of sp³-hybridized carbons (Fsp3) is 0.111. The maximum atomic E-state index is 13.3. The first-order valence-electron chi connectivity index (χ1n) is 11.2. The van der Waals surface area contributed by atoms with Crippen LogP contribution in [0.15, 0.2) is 60.2 Å². The van der Waals surface area contributed by atoms with Crippen molar-refractivity contribution in [2.75, 3.05) is 19.1 Å². The van der Waals surface area contributed by atoms with Crippen LogP contribution in [-0.2, 0) is 20.9 Å². The largest absolute Gasteiger partial charge is 0.493 e. The lowest BCUT2D eigenvalue weighted by Gasteiger charge is -2.26. The molecule has 3 aromatic rings. The second kappa shape index (κ2) is 12.1. The lowest BCUT2D eigenvalue weighted by Crippen LogP contribution is -2.54. The van der Waals surface area contributed by atoms with Gasteiger partial charge < -0.3 is 14.2 Å². The Labute approximate surface area is 246 Å². The van der Waals surface area contributed by atoms with Crippen LogP contribution in [0.4, 0.5) is 10.5 Å². The van der Waals surface area contributed by atoms with Gasteiger partial charge in [-0.25, -0.2) is 14.5 Å². The van der Waals surface area contributed by atoms with E-state index in [1.807, 2.05) is 22.6 Å². The van der Waals surface area contributed by atoms with Gasteiger partial charge in [-0.3, -0.25) is 14.9 Å². The minimum Gasteiger partial charge on any atom is -0.493 e. The Balaban J connectivity index is 1.62. The van der Waals surface area contributed by atoms with Gasteiger partial charge in [0.2, 0.25) is 0 Å². The van der Waals surface area contributed by atoms with E-state index in [0.717, 1.165) is 10.5 Å². The standard InChI is InChI=1S/C27H19Cl2IN2O7/c1-37-22-11-14(10-21(30)23(22)39-13-16-3-6-17(28)12-20(16)29)9-19-24(33)31-27(36)32(25(19)34)18-7-4-15(5-8-18)26(35)38-2/h3-12H,13H2,1-2H3,(H,31,33,36)/b19-9+. The number of esters is 1. The van der Waals surface area contributed by atoms with Gasteiger partial charge in [0.1, 0.15) is 12.2 Å². The second-order valence-corrected chi connectivity index (χ2v) is 10.1. The van der Waals surface area contributed by atoms with Crippen molar-refractivity contribution >= 4 is 81.4 Å². The van der Waals surface area contributed by atoms with Crippen LogP contribution in [0.1, 0.15) is 21.5 Å². The molecule has 4 rings (SSSR count). The van der Waals surface area contributed by atoms with E-state index >= 15 is 0 Å². The Morgan fingerprint density at radius 3 is 2.38 bits per heavy atom. The third-order valence-electron chi connectivity index (χ3n) is 5.60. The molecule has 3 aromatic carbocycles. The lowest BCUT2D eigenvalue weighted by molar-refractivity contribution is -0.122. The molecule has 0 unspecified atom stereocenters. The topological polar surface area (TPSA) is 111 Å². The maximum Gasteiger partial charge on any atom is 0.337 e. The first-order valence-corrected chi connectivity index (χ1v) is 13.0. The van der Waals surface area contributed by atoms with E-state index in [1.165, 1.54) is 44.6 Å². The summed E-state index contributed by atoms with van der Waals surface area (Å²) in [5, 5.41) is 3.13. The molecule has 12 heteroatoms. The first-order chi connectivity index (χ1) is 18.6. The summed E-state index contributed by atoms with van der Waals surface area (Å²) in [6, 6.07) is 13.1. The normalized spacial score (nSPS) is 14.3. The highest BCUT2D eigenvalue weighted by atomic mass is 127. The number of nitrogens with one attached hydrogen (secondary N) is 1. The first kappa shape index (κ1) is 28.4. The van der Waals surface area contributed by atoms with Crippen LogP contribution in [0.5, 0.6) is 11.5 Å². The Bertz CT molecular complexity index is 1520. The average molecular weight is 681 g/mol. The summed E-state index contributed by atoms with van der Waals surface area (Å²) in [7, 11) is 2.70. The highest BCUT2D eigenvalue weighted by Gasteiger charge is 2.37. The molecule has 1 aliphatic rings. The molecule has 1 saturated heterocycles. The predicted octanol–water partition coefficient (Wildman–Crippen LogP) is 5.64. The molecule has 0 saturated carbocycles. The number of carbonyl (C=O) groups excluding carboxylic acids is 4. The monoisotopic (exact) mass is 680 g/mol. The number of benzene rings is 3. The average Bonchev–Trinajstić information content (AvgIpc) is 2.91.